The summed E-state index contributed by atoms with van der Waals surface area (Å²) in [4.78, 5) is 31.3. The lowest BCUT2D eigenvalue weighted by Gasteiger charge is -2.06. The van der Waals surface area contributed by atoms with Crippen LogP contribution in [-0.2, 0) is 0 Å². The first-order valence-electron chi connectivity index (χ1n) is 8.07. The minimum Gasteiger partial charge on any atom is -0.436 e. The fraction of sp³-hybridized carbons (Fsp3) is 0. The van der Waals surface area contributed by atoms with Crippen molar-refractivity contribution < 1.29 is 14.1 Å². The smallest absolute Gasteiger partial charge is 0.270 e. The van der Waals surface area contributed by atoms with Gasteiger partial charge in [0.2, 0.25) is 5.89 Å². The fourth-order valence-electron chi connectivity index (χ4n) is 2.62. The van der Waals surface area contributed by atoms with Gasteiger partial charge in [-0.2, -0.15) is 0 Å². The molecule has 0 unspecified atom stereocenters. The predicted molar refractivity (Wildman–Crippen MR) is 103 cm³/mol. The van der Waals surface area contributed by atoms with E-state index < -0.39 is 10.8 Å². The highest BCUT2D eigenvalue weighted by Crippen LogP contribution is 2.27. The SMILES string of the molecule is O=C(Nc1ccc2oc(-c3cccnc3)nc2c1)c1cc([N+](=O)[O-])ccc1Cl. The summed E-state index contributed by atoms with van der Waals surface area (Å²) >= 11 is 6.01. The molecule has 0 saturated heterocycles. The third kappa shape index (κ3) is 3.40. The van der Waals surface area contributed by atoms with Gasteiger partial charge in [-0.1, -0.05) is 11.6 Å². The summed E-state index contributed by atoms with van der Waals surface area (Å²) in [6.45, 7) is 0. The average molecular weight is 395 g/mol. The van der Waals surface area contributed by atoms with Crippen molar-refractivity contribution >= 4 is 40.0 Å². The summed E-state index contributed by atoms with van der Waals surface area (Å²) in [6, 6.07) is 12.2. The molecule has 4 rings (SSSR count). The Kier molecular flexibility index (Phi) is 4.46. The fourth-order valence-corrected chi connectivity index (χ4v) is 2.82. The molecule has 0 atom stereocenters. The molecular weight excluding hydrogens is 384 g/mol. The Hall–Kier alpha value is -3.78. The van der Waals surface area contributed by atoms with Crippen LogP contribution >= 0.6 is 11.6 Å². The summed E-state index contributed by atoms with van der Waals surface area (Å²) in [7, 11) is 0. The maximum absolute atomic E-state index is 12.5. The maximum atomic E-state index is 12.5. The second-order valence-electron chi connectivity index (χ2n) is 5.82. The molecule has 0 radical (unpaired) electrons. The van der Waals surface area contributed by atoms with Crippen LogP contribution < -0.4 is 5.32 Å². The van der Waals surface area contributed by atoms with Crippen LogP contribution in [0.25, 0.3) is 22.6 Å². The van der Waals surface area contributed by atoms with E-state index in [0.29, 0.717) is 22.7 Å². The molecule has 0 aliphatic heterocycles. The average Bonchev–Trinajstić information content (AvgIpc) is 3.12. The molecule has 4 aromatic rings. The number of nitrogens with one attached hydrogen (secondary N) is 1. The van der Waals surface area contributed by atoms with Gasteiger partial charge < -0.3 is 9.73 Å². The number of anilines is 1. The summed E-state index contributed by atoms with van der Waals surface area (Å²) in [5.74, 6) is -0.155. The molecule has 28 heavy (non-hydrogen) atoms. The molecule has 2 aromatic carbocycles. The van der Waals surface area contributed by atoms with E-state index in [1.807, 2.05) is 6.07 Å². The number of halogens is 1. The molecule has 0 fully saturated rings. The number of nitro groups is 1. The number of fused-ring (bicyclic) bond motifs is 1. The molecule has 0 aliphatic rings. The van der Waals surface area contributed by atoms with Gasteiger partial charge in [-0.3, -0.25) is 19.9 Å². The third-order valence-electron chi connectivity index (χ3n) is 3.96. The Bertz CT molecular complexity index is 1210. The van der Waals surface area contributed by atoms with Crippen LogP contribution in [0.2, 0.25) is 5.02 Å². The van der Waals surface area contributed by atoms with Gasteiger partial charge in [0.25, 0.3) is 11.6 Å². The van der Waals surface area contributed by atoms with Crippen molar-refractivity contribution in [3.63, 3.8) is 0 Å². The highest BCUT2D eigenvalue weighted by Gasteiger charge is 2.17. The molecule has 8 nitrogen and oxygen atoms in total. The van der Waals surface area contributed by atoms with Gasteiger partial charge in [0.1, 0.15) is 5.52 Å². The van der Waals surface area contributed by atoms with Crippen LogP contribution in [0, 0.1) is 10.1 Å². The monoisotopic (exact) mass is 394 g/mol. The molecule has 1 N–H and O–H groups in total. The van der Waals surface area contributed by atoms with Crippen LogP contribution in [0.4, 0.5) is 11.4 Å². The lowest BCUT2D eigenvalue weighted by molar-refractivity contribution is -0.384. The number of aromatic nitrogens is 2. The molecular formula is C19H11ClN4O4. The van der Waals surface area contributed by atoms with E-state index in [-0.39, 0.29) is 16.3 Å². The zero-order chi connectivity index (χ0) is 19.7. The molecule has 0 aliphatic carbocycles. The molecule has 0 spiro atoms. The first-order valence-corrected chi connectivity index (χ1v) is 8.45. The normalized spacial score (nSPS) is 10.8. The van der Waals surface area contributed by atoms with Crippen LogP contribution in [0.3, 0.4) is 0 Å². The summed E-state index contributed by atoms with van der Waals surface area (Å²) in [5, 5.41) is 13.7. The second kappa shape index (κ2) is 7.09. The Balaban J connectivity index is 1.62. The van der Waals surface area contributed by atoms with Gasteiger partial charge >= 0.3 is 0 Å². The van der Waals surface area contributed by atoms with E-state index in [1.165, 1.54) is 12.1 Å². The zero-order valence-electron chi connectivity index (χ0n) is 14.1. The number of non-ortho nitro benzene ring substituents is 1. The minimum absolute atomic E-state index is 0.00663. The van der Waals surface area contributed by atoms with Gasteiger partial charge in [-0.15, -0.1) is 0 Å². The number of carbonyl (C=O) groups excluding carboxylic acids is 1. The van der Waals surface area contributed by atoms with Crippen molar-refractivity contribution in [1.82, 2.24) is 9.97 Å². The van der Waals surface area contributed by atoms with Crippen LogP contribution in [-0.4, -0.2) is 20.8 Å². The Labute approximate surface area is 162 Å². The van der Waals surface area contributed by atoms with E-state index in [9.17, 15) is 14.9 Å². The molecule has 0 saturated carbocycles. The van der Waals surface area contributed by atoms with Gasteiger partial charge in [-0.05, 0) is 36.4 Å². The van der Waals surface area contributed by atoms with E-state index in [4.69, 9.17) is 16.0 Å². The Morgan fingerprint density at radius 2 is 2.04 bits per heavy atom. The van der Waals surface area contributed by atoms with E-state index >= 15 is 0 Å². The first kappa shape index (κ1) is 17.6. The number of pyridine rings is 1. The molecule has 2 heterocycles. The number of nitro benzene ring substituents is 1. The number of carbonyl (C=O) groups is 1. The molecule has 138 valence electrons. The summed E-state index contributed by atoms with van der Waals surface area (Å²) < 4.78 is 5.70. The summed E-state index contributed by atoms with van der Waals surface area (Å²) in [6.07, 6.45) is 3.29. The van der Waals surface area contributed by atoms with Crippen LogP contribution in [0.1, 0.15) is 10.4 Å². The zero-order valence-corrected chi connectivity index (χ0v) is 14.9. The van der Waals surface area contributed by atoms with Crippen molar-refractivity contribution in [3.05, 3.63) is 81.6 Å². The Morgan fingerprint density at radius 1 is 1.18 bits per heavy atom. The third-order valence-corrected chi connectivity index (χ3v) is 4.29. The molecule has 1 amide bonds. The first-order chi connectivity index (χ1) is 13.5. The van der Waals surface area contributed by atoms with Gasteiger partial charge in [0, 0.05) is 30.2 Å². The van der Waals surface area contributed by atoms with Gasteiger partial charge in [0.05, 0.1) is 21.1 Å². The number of benzene rings is 2. The number of hydrogen-bond acceptors (Lipinski definition) is 6. The number of hydrogen-bond donors (Lipinski definition) is 1. The highest BCUT2D eigenvalue weighted by molar-refractivity contribution is 6.34. The highest BCUT2D eigenvalue weighted by atomic mass is 35.5. The second-order valence-corrected chi connectivity index (χ2v) is 6.23. The number of rotatable bonds is 4. The maximum Gasteiger partial charge on any atom is 0.270 e. The van der Waals surface area contributed by atoms with Crippen molar-refractivity contribution in [1.29, 1.82) is 0 Å². The van der Waals surface area contributed by atoms with Crippen LogP contribution in [0.15, 0.2) is 65.3 Å². The van der Waals surface area contributed by atoms with E-state index in [0.717, 1.165) is 11.6 Å². The number of amides is 1. The van der Waals surface area contributed by atoms with Crippen molar-refractivity contribution in [2.75, 3.05) is 5.32 Å². The van der Waals surface area contributed by atoms with E-state index in [2.05, 4.69) is 15.3 Å². The van der Waals surface area contributed by atoms with Gasteiger partial charge in [-0.25, -0.2) is 4.98 Å². The number of oxazole rings is 1. The van der Waals surface area contributed by atoms with Crippen molar-refractivity contribution in [3.8, 4) is 11.5 Å². The van der Waals surface area contributed by atoms with Crippen LogP contribution in [0.5, 0.6) is 0 Å². The van der Waals surface area contributed by atoms with E-state index in [1.54, 1.807) is 36.7 Å². The summed E-state index contributed by atoms with van der Waals surface area (Å²) in [5.41, 5.74) is 2.06. The molecule has 0 bridgehead atoms. The topological polar surface area (TPSA) is 111 Å². The lowest BCUT2D eigenvalue weighted by atomic mass is 10.2. The molecule has 2 aromatic heterocycles. The minimum atomic E-state index is -0.589. The standard InChI is InChI=1S/C19H11ClN4O4/c20-15-5-4-13(24(26)27)9-14(15)18(25)22-12-3-6-17-16(8-12)23-19(28-17)11-2-1-7-21-10-11/h1-10H,(H,22,25). The lowest BCUT2D eigenvalue weighted by Crippen LogP contribution is -2.12. The quantitative estimate of drug-likeness (QED) is 0.396. The molecule has 9 heteroatoms. The van der Waals surface area contributed by atoms with Gasteiger partial charge in [0.15, 0.2) is 5.58 Å². The Morgan fingerprint density at radius 3 is 2.79 bits per heavy atom. The largest absolute Gasteiger partial charge is 0.436 e. The van der Waals surface area contributed by atoms with Crippen molar-refractivity contribution in [2.24, 2.45) is 0 Å². The van der Waals surface area contributed by atoms with Crippen molar-refractivity contribution in [2.45, 2.75) is 0 Å². The number of nitrogens with zero attached hydrogens (tertiary/aromatic N) is 3. The predicted octanol–water partition coefficient (Wildman–Crippen LogP) is 4.70.